The maximum absolute atomic E-state index is 12.6. The summed E-state index contributed by atoms with van der Waals surface area (Å²) < 4.78 is 12.4. The quantitative estimate of drug-likeness (QED) is 0.591. The van der Waals surface area contributed by atoms with Gasteiger partial charge in [0.2, 0.25) is 0 Å². The molecule has 27 heavy (non-hydrogen) atoms. The smallest absolute Gasteiger partial charge is 0.260 e. The Kier molecular flexibility index (Phi) is 6.06. The number of methoxy groups -OCH3 is 1. The number of ether oxygens (including phenoxy) is 2. The number of aromatic nitrogens is 5. The van der Waals surface area contributed by atoms with E-state index in [1.54, 1.807) is 37.4 Å². The van der Waals surface area contributed by atoms with Gasteiger partial charge in [-0.15, -0.1) is 5.10 Å². The molecule has 2 heterocycles. The van der Waals surface area contributed by atoms with E-state index >= 15 is 0 Å². The lowest BCUT2D eigenvalue weighted by atomic mass is 10.1. The zero-order chi connectivity index (χ0) is 19.1. The molecule has 0 aliphatic heterocycles. The van der Waals surface area contributed by atoms with Crippen molar-refractivity contribution >= 4 is 5.91 Å². The van der Waals surface area contributed by atoms with E-state index in [0.29, 0.717) is 12.4 Å². The van der Waals surface area contributed by atoms with E-state index in [9.17, 15) is 4.79 Å². The van der Waals surface area contributed by atoms with Crippen molar-refractivity contribution in [3.8, 4) is 11.4 Å². The first-order chi connectivity index (χ1) is 13.2. The molecular formula is C18H20N6O3. The standard InChI is InChI=1S/C18H20N6O3/c1-23(17(11-26-2)16-8-3-4-9-19-16)18(25)12-27-15-7-5-6-14(10-15)24-13-20-21-22-24/h3-10,13,17H,11-12H2,1-2H3. The van der Waals surface area contributed by atoms with Crippen molar-refractivity contribution in [2.75, 3.05) is 27.4 Å². The number of rotatable bonds is 8. The molecule has 0 aliphatic carbocycles. The Morgan fingerprint density at radius 2 is 2.15 bits per heavy atom. The molecule has 0 radical (unpaired) electrons. The van der Waals surface area contributed by atoms with Crippen LogP contribution in [0.5, 0.6) is 5.75 Å². The van der Waals surface area contributed by atoms with Crippen LogP contribution in [0.25, 0.3) is 5.69 Å². The first-order valence-corrected chi connectivity index (χ1v) is 8.31. The Labute approximate surface area is 156 Å². The highest BCUT2D eigenvalue weighted by atomic mass is 16.5. The van der Waals surface area contributed by atoms with Crippen molar-refractivity contribution in [1.82, 2.24) is 30.1 Å². The van der Waals surface area contributed by atoms with E-state index in [2.05, 4.69) is 20.5 Å². The first kappa shape index (κ1) is 18.5. The molecule has 0 saturated carbocycles. The molecule has 9 heteroatoms. The summed E-state index contributed by atoms with van der Waals surface area (Å²) in [4.78, 5) is 18.5. The van der Waals surface area contributed by atoms with E-state index in [0.717, 1.165) is 11.4 Å². The number of likely N-dealkylation sites (N-methyl/N-ethyl adjacent to an activating group) is 1. The molecule has 0 fully saturated rings. The van der Waals surface area contributed by atoms with Crippen LogP contribution in [0.3, 0.4) is 0 Å². The molecule has 1 amide bonds. The Bertz CT molecular complexity index is 857. The van der Waals surface area contributed by atoms with Crippen LogP contribution in [-0.4, -0.2) is 63.4 Å². The summed E-state index contributed by atoms with van der Waals surface area (Å²) in [6.45, 7) is 0.233. The molecule has 0 saturated heterocycles. The summed E-state index contributed by atoms with van der Waals surface area (Å²) in [5.41, 5.74) is 1.50. The molecule has 140 valence electrons. The third-order valence-electron chi connectivity index (χ3n) is 4.01. The number of hydrogen-bond donors (Lipinski definition) is 0. The largest absolute Gasteiger partial charge is 0.484 e. The molecule has 3 rings (SSSR count). The number of carbonyl (C=O) groups is 1. The summed E-state index contributed by atoms with van der Waals surface area (Å²) in [5, 5.41) is 11.0. The van der Waals surface area contributed by atoms with Gasteiger partial charge >= 0.3 is 0 Å². The fourth-order valence-corrected chi connectivity index (χ4v) is 2.54. The monoisotopic (exact) mass is 368 g/mol. The van der Waals surface area contributed by atoms with Crippen LogP contribution in [0.2, 0.25) is 0 Å². The summed E-state index contributed by atoms with van der Waals surface area (Å²) in [6.07, 6.45) is 3.18. The third-order valence-corrected chi connectivity index (χ3v) is 4.01. The third kappa shape index (κ3) is 4.64. The SMILES string of the molecule is COCC(c1ccccn1)N(C)C(=O)COc1cccc(-n2cnnn2)c1. The van der Waals surface area contributed by atoms with Crippen molar-refractivity contribution in [3.63, 3.8) is 0 Å². The summed E-state index contributed by atoms with van der Waals surface area (Å²) in [6, 6.07) is 12.5. The van der Waals surface area contributed by atoms with Gasteiger partial charge in [-0.05, 0) is 34.7 Å². The Hall–Kier alpha value is -3.33. The number of pyridine rings is 1. The van der Waals surface area contributed by atoms with Gasteiger partial charge < -0.3 is 14.4 Å². The van der Waals surface area contributed by atoms with E-state index in [-0.39, 0.29) is 18.6 Å². The zero-order valence-electron chi connectivity index (χ0n) is 15.1. The maximum atomic E-state index is 12.6. The van der Waals surface area contributed by atoms with Crippen LogP contribution in [0.15, 0.2) is 55.0 Å². The van der Waals surface area contributed by atoms with E-state index in [4.69, 9.17) is 9.47 Å². The van der Waals surface area contributed by atoms with Crippen LogP contribution in [0.4, 0.5) is 0 Å². The normalized spacial score (nSPS) is 11.8. The van der Waals surface area contributed by atoms with Crippen molar-refractivity contribution in [2.45, 2.75) is 6.04 Å². The second-order valence-electron chi connectivity index (χ2n) is 5.77. The molecule has 1 unspecified atom stereocenters. The Morgan fingerprint density at radius 3 is 2.85 bits per heavy atom. The number of tetrazole rings is 1. The van der Waals surface area contributed by atoms with Crippen LogP contribution in [-0.2, 0) is 9.53 Å². The number of hydrogen-bond acceptors (Lipinski definition) is 7. The molecule has 9 nitrogen and oxygen atoms in total. The molecule has 1 atom stereocenters. The first-order valence-electron chi connectivity index (χ1n) is 8.31. The zero-order valence-corrected chi connectivity index (χ0v) is 15.1. The van der Waals surface area contributed by atoms with Gasteiger partial charge in [-0.25, -0.2) is 4.68 Å². The van der Waals surface area contributed by atoms with Crippen LogP contribution < -0.4 is 4.74 Å². The van der Waals surface area contributed by atoms with Crippen LogP contribution in [0, 0.1) is 0 Å². The van der Waals surface area contributed by atoms with E-state index in [1.165, 1.54) is 11.0 Å². The maximum Gasteiger partial charge on any atom is 0.260 e. The summed E-state index contributed by atoms with van der Waals surface area (Å²) >= 11 is 0. The number of nitrogens with zero attached hydrogens (tertiary/aromatic N) is 6. The van der Waals surface area contributed by atoms with Crippen molar-refractivity contribution < 1.29 is 14.3 Å². The van der Waals surface area contributed by atoms with Gasteiger partial charge in [0, 0.05) is 26.4 Å². The molecule has 0 bridgehead atoms. The highest BCUT2D eigenvalue weighted by Crippen LogP contribution is 2.19. The fraction of sp³-hybridized carbons (Fsp3) is 0.278. The van der Waals surface area contributed by atoms with Gasteiger partial charge in [-0.3, -0.25) is 9.78 Å². The van der Waals surface area contributed by atoms with E-state index < -0.39 is 0 Å². The van der Waals surface area contributed by atoms with Crippen LogP contribution in [0.1, 0.15) is 11.7 Å². The average Bonchev–Trinajstić information content (AvgIpc) is 3.25. The minimum Gasteiger partial charge on any atom is -0.484 e. The van der Waals surface area contributed by atoms with Crippen LogP contribution >= 0.6 is 0 Å². The van der Waals surface area contributed by atoms with Crippen molar-refractivity contribution in [1.29, 1.82) is 0 Å². The van der Waals surface area contributed by atoms with Gasteiger partial charge in [0.25, 0.3) is 5.91 Å². The number of benzene rings is 1. The predicted molar refractivity (Wildman–Crippen MR) is 96.3 cm³/mol. The minimum absolute atomic E-state index is 0.109. The second kappa shape index (κ2) is 8.86. The molecule has 1 aromatic carbocycles. The highest BCUT2D eigenvalue weighted by molar-refractivity contribution is 5.78. The van der Waals surface area contributed by atoms with Gasteiger partial charge in [0.15, 0.2) is 6.61 Å². The molecule has 3 aromatic rings. The molecule has 0 N–H and O–H groups in total. The van der Waals surface area contributed by atoms with Gasteiger partial charge in [0.1, 0.15) is 12.1 Å². The molecular weight excluding hydrogens is 348 g/mol. The summed E-state index contributed by atoms with van der Waals surface area (Å²) in [7, 11) is 3.30. The number of amides is 1. The molecule has 0 spiro atoms. The molecule has 2 aromatic heterocycles. The Morgan fingerprint density at radius 1 is 1.26 bits per heavy atom. The lowest BCUT2D eigenvalue weighted by Crippen LogP contribution is -2.37. The van der Waals surface area contributed by atoms with Crippen molar-refractivity contribution in [2.24, 2.45) is 0 Å². The van der Waals surface area contributed by atoms with E-state index in [1.807, 2.05) is 30.3 Å². The predicted octanol–water partition coefficient (Wildman–Crippen LogP) is 1.28. The summed E-state index contributed by atoms with van der Waals surface area (Å²) in [5.74, 6) is 0.362. The highest BCUT2D eigenvalue weighted by Gasteiger charge is 2.23. The topological polar surface area (TPSA) is 95.3 Å². The molecule has 0 aliphatic rings. The number of carbonyl (C=O) groups excluding carboxylic acids is 1. The second-order valence-corrected chi connectivity index (χ2v) is 5.77. The van der Waals surface area contributed by atoms with Gasteiger partial charge in [0.05, 0.1) is 24.0 Å². The lowest BCUT2D eigenvalue weighted by Gasteiger charge is -2.27. The fourth-order valence-electron chi connectivity index (χ4n) is 2.54. The van der Waals surface area contributed by atoms with Gasteiger partial charge in [-0.2, -0.15) is 0 Å². The minimum atomic E-state index is -0.292. The lowest BCUT2D eigenvalue weighted by molar-refractivity contribution is -0.135. The average molecular weight is 368 g/mol. The Balaban J connectivity index is 1.65. The van der Waals surface area contributed by atoms with Gasteiger partial charge in [-0.1, -0.05) is 12.1 Å². The van der Waals surface area contributed by atoms with Crippen molar-refractivity contribution in [3.05, 3.63) is 60.7 Å².